The molecule has 1 aromatic carbocycles. The van der Waals surface area contributed by atoms with Crippen molar-refractivity contribution in [2.45, 2.75) is 57.5 Å². The van der Waals surface area contributed by atoms with E-state index in [-0.39, 0.29) is 24.5 Å². The number of nitrogens with zero attached hydrogens (tertiary/aromatic N) is 1. The van der Waals surface area contributed by atoms with Crippen molar-refractivity contribution in [1.82, 2.24) is 10.2 Å². The van der Waals surface area contributed by atoms with Gasteiger partial charge in [-0.1, -0.05) is 25.5 Å². The zero-order valence-corrected chi connectivity index (χ0v) is 17.2. The minimum atomic E-state index is -0.494. The van der Waals surface area contributed by atoms with Crippen molar-refractivity contribution in [1.29, 1.82) is 0 Å². The molecule has 1 aliphatic heterocycles. The fraction of sp³-hybridized carbons (Fsp3) is 0.591. The third kappa shape index (κ3) is 5.49. The standard InChI is InChI=1S/C22H30N2O5/c1-3-4-13-24-20(26)12-11-18(21(24)15-5-9-17(28-2)10-6-15)22(27)29-14-19(25)23-16-7-8-16/h5-6,9-10,16,18,21H,3-4,7-8,11-14H2,1-2H3,(H,23,25)/t18-,21+/m1/s1. The number of nitrogens with one attached hydrogen (secondary N) is 1. The number of hydrogen-bond acceptors (Lipinski definition) is 5. The topological polar surface area (TPSA) is 84.9 Å². The molecule has 2 aliphatic rings. The molecule has 0 aromatic heterocycles. The molecule has 0 radical (unpaired) electrons. The summed E-state index contributed by atoms with van der Waals surface area (Å²) in [5.74, 6) is -0.421. The number of rotatable bonds is 9. The van der Waals surface area contributed by atoms with Crippen LogP contribution in [0.3, 0.4) is 0 Å². The number of esters is 1. The maximum Gasteiger partial charge on any atom is 0.311 e. The average Bonchev–Trinajstić information content (AvgIpc) is 3.55. The Morgan fingerprint density at radius 2 is 1.90 bits per heavy atom. The first-order chi connectivity index (χ1) is 14.0. The van der Waals surface area contributed by atoms with Gasteiger partial charge >= 0.3 is 5.97 Å². The highest BCUT2D eigenvalue weighted by atomic mass is 16.5. The van der Waals surface area contributed by atoms with E-state index in [0.717, 1.165) is 31.2 Å². The van der Waals surface area contributed by atoms with Gasteiger partial charge in [-0.05, 0) is 43.4 Å². The second-order valence-electron chi connectivity index (χ2n) is 7.75. The van der Waals surface area contributed by atoms with Crippen LogP contribution in [0.15, 0.2) is 24.3 Å². The van der Waals surface area contributed by atoms with Crippen molar-refractivity contribution < 1.29 is 23.9 Å². The van der Waals surface area contributed by atoms with Crippen LogP contribution in [0.1, 0.15) is 57.1 Å². The Bertz CT molecular complexity index is 729. The van der Waals surface area contributed by atoms with Gasteiger partial charge in [0, 0.05) is 19.0 Å². The number of ether oxygens (including phenoxy) is 2. The number of methoxy groups -OCH3 is 1. The van der Waals surface area contributed by atoms with Gasteiger partial charge < -0.3 is 19.7 Å². The van der Waals surface area contributed by atoms with E-state index in [2.05, 4.69) is 12.2 Å². The first kappa shape index (κ1) is 21.1. The summed E-state index contributed by atoms with van der Waals surface area (Å²) in [6.07, 6.45) is 4.51. The van der Waals surface area contributed by atoms with Crippen LogP contribution in [0.4, 0.5) is 0 Å². The molecule has 158 valence electrons. The summed E-state index contributed by atoms with van der Waals surface area (Å²) in [6.45, 7) is 2.39. The third-order valence-corrected chi connectivity index (χ3v) is 5.51. The Kier molecular flexibility index (Phi) is 7.12. The van der Waals surface area contributed by atoms with Gasteiger partial charge in [0.1, 0.15) is 5.75 Å². The van der Waals surface area contributed by atoms with Crippen LogP contribution in [-0.4, -0.2) is 49.0 Å². The lowest BCUT2D eigenvalue weighted by Crippen LogP contribution is -2.46. The number of piperidine rings is 1. The summed E-state index contributed by atoms with van der Waals surface area (Å²) < 4.78 is 10.6. The zero-order valence-electron chi connectivity index (χ0n) is 17.2. The highest BCUT2D eigenvalue weighted by Gasteiger charge is 2.41. The molecular weight excluding hydrogens is 372 g/mol. The zero-order chi connectivity index (χ0) is 20.8. The van der Waals surface area contributed by atoms with E-state index in [4.69, 9.17) is 9.47 Å². The van der Waals surface area contributed by atoms with Crippen LogP contribution in [-0.2, 0) is 19.1 Å². The van der Waals surface area contributed by atoms with E-state index in [1.54, 1.807) is 12.0 Å². The summed E-state index contributed by atoms with van der Waals surface area (Å²) in [4.78, 5) is 39.2. The molecule has 7 heteroatoms. The molecule has 1 N–H and O–H groups in total. The first-order valence-corrected chi connectivity index (χ1v) is 10.4. The predicted octanol–water partition coefficient (Wildman–Crippen LogP) is 2.60. The molecule has 0 unspecified atom stereocenters. The molecule has 1 aliphatic carbocycles. The van der Waals surface area contributed by atoms with Crippen molar-refractivity contribution in [3.63, 3.8) is 0 Å². The minimum absolute atomic E-state index is 0.0507. The molecule has 2 amide bonds. The number of carbonyl (C=O) groups is 3. The number of hydrogen-bond donors (Lipinski definition) is 1. The quantitative estimate of drug-likeness (QED) is 0.642. The maximum atomic E-state index is 12.9. The highest BCUT2D eigenvalue weighted by Crippen LogP contribution is 2.38. The Balaban J connectivity index is 1.76. The highest BCUT2D eigenvalue weighted by molar-refractivity contribution is 5.84. The van der Waals surface area contributed by atoms with E-state index in [9.17, 15) is 14.4 Å². The molecule has 1 saturated heterocycles. The Labute approximate surface area is 171 Å². The Morgan fingerprint density at radius 3 is 2.52 bits per heavy atom. The molecule has 2 fully saturated rings. The third-order valence-electron chi connectivity index (χ3n) is 5.51. The van der Waals surface area contributed by atoms with Crippen LogP contribution >= 0.6 is 0 Å². The molecule has 0 bridgehead atoms. The number of amides is 2. The molecule has 1 saturated carbocycles. The van der Waals surface area contributed by atoms with Gasteiger partial charge in [-0.15, -0.1) is 0 Å². The number of carbonyl (C=O) groups excluding carboxylic acids is 3. The smallest absolute Gasteiger partial charge is 0.311 e. The normalized spacial score (nSPS) is 21.6. The molecular formula is C22H30N2O5. The SMILES string of the molecule is CCCCN1C(=O)CC[C@@H](C(=O)OCC(=O)NC2CC2)[C@@H]1c1ccc(OC)cc1. The minimum Gasteiger partial charge on any atom is -0.497 e. The van der Waals surface area contributed by atoms with Crippen LogP contribution in [0.2, 0.25) is 0 Å². The summed E-state index contributed by atoms with van der Waals surface area (Å²) in [5, 5.41) is 2.82. The van der Waals surface area contributed by atoms with Gasteiger partial charge in [-0.3, -0.25) is 14.4 Å². The lowest BCUT2D eigenvalue weighted by molar-refractivity contribution is -0.160. The summed E-state index contributed by atoms with van der Waals surface area (Å²) >= 11 is 0. The second-order valence-corrected chi connectivity index (χ2v) is 7.75. The van der Waals surface area contributed by atoms with Gasteiger partial charge in [-0.25, -0.2) is 0 Å². The maximum absolute atomic E-state index is 12.9. The lowest BCUT2D eigenvalue weighted by atomic mass is 9.84. The predicted molar refractivity (Wildman–Crippen MR) is 107 cm³/mol. The molecule has 2 atom stereocenters. The van der Waals surface area contributed by atoms with Crippen molar-refractivity contribution in [3.8, 4) is 5.75 Å². The van der Waals surface area contributed by atoms with Gasteiger partial charge in [-0.2, -0.15) is 0 Å². The van der Waals surface area contributed by atoms with Crippen molar-refractivity contribution in [2.24, 2.45) is 5.92 Å². The molecule has 1 heterocycles. The Morgan fingerprint density at radius 1 is 1.17 bits per heavy atom. The summed E-state index contributed by atoms with van der Waals surface area (Å²) in [7, 11) is 1.60. The van der Waals surface area contributed by atoms with Gasteiger partial charge in [0.25, 0.3) is 5.91 Å². The fourth-order valence-electron chi connectivity index (χ4n) is 3.75. The molecule has 3 rings (SSSR count). The van der Waals surface area contributed by atoms with Gasteiger partial charge in [0.05, 0.1) is 19.1 Å². The Hall–Kier alpha value is -2.57. The molecule has 1 aromatic rings. The van der Waals surface area contributed by atoms with E-state index in [1.807, 2.05) is 24.3 Å². The van der Waals surface area contributed by atoms with Gasteiger partial charge in [0.2, 0.25) is 5.91 Å². The van der Waals surface area contributed by atoms with E-state index in [1.165, 1.54) is 0 Å². The van der Waals surface area contributed by atoms with Crippen molar-refractivity contribution in [2.75, 3.05) is 20.3 Å². The van der Waals surface area contributed by atoms with E-state index < -0.39 is 17.9 Å². The monoisotopic (exact) mass is 402 g/mol. The first-order valence-electron chi connectivity index (χ1n) is 10.4. The second kappa shape index (κ2) is 9.76. The van der Waals surface area contributed by atoms with Crippen molar-refractivity contribution >= 4 is 17.8 Å². The van der Waals surface area contributed by atoms with Crippen LogP contribution in [0, 0.1) is 5.92 Å². The molecule has 7 nitrogen and oxygen atoms in total. The average molecular weight is 402 g/mol. The molecule has 29 heavy (non-hydrogen) atoms. The fourth-order valence-corrected chi connectivity index (χ4v) is 3.75. The molecule has 0 spiro atoms. The van der Waals surface area contributed by atoms with Crippen LogP contribution in [0.25, 0.3) is 0 Å². The van der Waals surface area contributed by atoms with Crippen molar-refractivity contribution in [3.05, 3.63) is 29.8 Å². The van der Waals surface area contributed by atoms with E-state index in [0.29, 0.717) is 25.1 Å². The van der Waals surface area contributed by atoms with Crippen LogP contribution in [0.5, 0.6) is 5.75 Å². The number of benzene rings is 1. The van der Waals surface area contributed by atoms with E-state index >= 15 is 0 Å². The van der Waals surface area contributed by atoms with Gasteiger partial charge in [0.15, 0.2) is 6.61 Å². The summed E-state index contributed by atoms with van der Waals surface area (Å²) in [6, 6.07) is 7.27. The summed E-state index contributed by atoms with van der Waals surface area (Å²) in [5.41, 5.74) is 0.874. The largest absolute Gasteiger partial charge is 0.497 e. The van der Waals surface area contributed by atoms with Crippen LogP contribution < -0.4 is 10.1 Å². The lowest BCUT2D eigenvalue weighted by Gasteiger charge is -2.40. The number of likely N-dealkylation sites (tertiary alicyclic amines) is 1. The number of unbranched alkanes of at least 4 members (excludes halogenated alkanes) is 1.